The van der Waals surface area contributed by atoms with E-state index >= 15 is 0 Å². The van der Waals surface area contributed by atoms with Crippen LogP contribution in [0.25, 0.3) is 82.7 Å². The van der Waals surface area contributed by atoms with Crippen molar-refractivity contribution in [2.75, 3.05) is 4.90 Å². The lowest BCUT2D eigenvalue weighted by Crippen LogP contribution is -2.56. The zero-order valence-electron chi connectivity index (χ0n) is 33.7. The van der Waals surface area contributed by atoms with Gasteiger partial charge in [0.15, 0.2) is 0 Å². The van der Waals surface area contributed by atoms with Gasteiger partial charge in [0.2, 0.25) is 0 Å². The minimum Gasteiger partial charge on any atom is -0.367 e. The van der Waals surface area contributed by atoms with Gasteiger partial charge in [0.25, 0.3) is 0 Å². The summed E-state index contributed by atoms with van der Waals surface area (Å²) in [4.78, 5) is 4.12. The second-order valence-electron chi connectivity index (χ2n) is 18.7. The summed E-state index contributed by atoms with van der Waals surface area (Å²) >= 11 is 5.91. The number of hydrogen-bond acceptors (Lipinski definition) is 4. The molecular weight excluding hydrogens is 772 g/mol. The molecular formula is C53H39BN2S3. The molecule has 0 amide bonds. The lowest BCUT2D eigenvalue weighted by Gasteiger charge is -2.44. The Labute approximate surface area is 355 Å². The molecule has 0 unspecified atom stereocenters. The maximum absolute atomic E-state index is 2.77. The number of rotatable bonds is 1. The van der Waals surface area contributed by atoms with Crippen molar-refractivity contribution in [3.05, 3.63) is 138 Å². The molecule has 3 aliphatic rings. The Bertz CT molecular complexity index is 3720. The highest BCUT2D eigenvalue weighted by Gasteiger charge is 2.46. The maximum Gasteiger partial charge on any atom is 0.333 e. The fraction of sp³-hybridized carbons (Fsp3) is 0.170. The van der Waals surface area contributed by atoms with Gasteiger partial charge in [-0.25, -0.2) is 0 Å². The fourth-order valence-corrected chi connectivity index (χ4v) is 15.3. The normalized spacial score (nSPS) is 16.3. The van der Waals surface area contributed by atoms with Crippen LogP contribution in [0.4, 0.5) is 17.1 Å². The molecule has 1 aliphatic carbocycles. The number of nitrogens with zero attached hydrogens (tertiary/aromatic N) is 2. The van der Waals surface area contributed by atoms with Crippen LogP contribution in [0.5, 0.6) is 0 Å². The molecule has 14 rings (SSSR count). The van der Waals surface area contributed by atoms with Crippen LogP contribution in [0.15, 0.2) is 121 Å². The molecule has 2 aliphatic heterocycles. The lowest BCUT2D eigenvalue weighted by atomic mass is 9.45. The summed E-state index contributed by atoms with van der Waals surface area (Å²) in [7, 11) is 0. The van der Waals surface area contributed by atoms with Crippen molar-refractivity contribution in [2.45, 2.75) is 58.3 Å². The van der Waals surface area contributed by atoms with Gasteiger partial charge in [0.1, 0.15) is 0 Å². The molecule has 59 heavy (non-hydrogen) atoms. The largest absolute Gasteiger partial charge is 0.367 e. The smallest absolute Gasteiger partial charge is 0.333 e. The van der Waals surface area contributed by atoms with Gasteiger partial charge in [-0.05, 0) is 88.5 Å². The monoisotopic (exact) mass is 810 g/mol. The first-order valence-electron chi connectivity index (χ1n) is 21.0. The van der Waals surface area contributed by atoms with Crippen LogP contribution in [0, 0.1) is 6.92 Å². The summed E-state index contributed by atoms with van der Waals surface area (Å²) < 4.78 is 9.60. The van der Waals surface area contributed by atoms with Crippen LogP contribution in [-0.2, 0) is 10.8 Å². The molecule has 0 radical (unpaired) electrons. The summed E-state index contributed by atoms with van der Waals surface area (Å²) in [6.07, 6.45) is 2.39. The third-order valence-corrected chi connectivity index (χ3v) is 18.1. The molecule has 0 bridgehead atoms. The van der Waals surface area contributed by atoms with Gasteiger partial charge in [-0.2, -0.15) is 0 Å². The number of aryl methyl sites for hydroxylation is 1. The second-order valence-corrected chi connectivity index (χ2v) is 21.8. The summed E-state index contributed by atoms with van der Waals surface area (Å²) in [5.74, 6) is 0. The molecule has 6 heteroatoms. The first kappa shape index (κ1) is 33.4. The Kier molecular flexibility index (Phi) is 6.26. The van der Waals surface area contributed by atoms with Crippen molar-refractivity contribution in [3.8, 4) is 11.1 Å². The van der Waals surface area contributed by atoms with Gasteiger partial charge in [-0.15, -0.1) is 34.0 Å². The highest BCUT2D eigenvalue weighted by atomic mass is 32.1. The van der Waals surface area contributed by atoms with Crippen molar-refractivity contribution in [1.29, 1.82) is 0 Å². The number of fused-ring (bicyclic) bond motifs is 18. The van der Waals surface area contributed by atoms with Gasteiger partial charge in [-0.1, -0.05) is 119 Å². The maximum atomic E-state index is 2.77. The van der Waals surface area contributed by atoms with Gasteiger partial charge < -0.3 is 9.38 Å². The van der Waals surface area contributed by atoms with E-state index in [0.717, 1.165) is 0 Å². The molecule has 11 aromatic rings. The number of benzene rings is 7. The zero-order valence-corrected chi connectivity index (χ0v) is 36.1. The molecule has 6 heterocycles. The van der Waals surface area contributed by atoms with Crippen molar-refractivity contribution in [3.63, 3.8) is 0 Å². The Morgan fingerprint density at radius 3 is 1.93 bits per heavy atom. The van der Waals surface area contributed by atoms with Gasteiger partial charge >= 0.3 is 6.85 Å². The van der Waals surface area contributed by atoms with Crippen molar-refractivity contribution >= 4 is 140 Å². The van der Waals surface area contributed by atoms with Crippen molar-refractivity contribution in [1.82, 2.24) is 4.48 Å². The molecule has 4 aromatic heterocycles. The highest BCUT2D eigenvalue weighted by Crippen LogP contribution is 2.56. The Balaban J connectivity index is 1.22. The third-order valence-electron chi connectivity index (χ3n) is 14.6. The Morgan fingerprint density at radius 1 is 0.559 bits per heavy atom. The second kappa shape index (κ2) is 11.0. The summed E-state index contributed by atoms with van der Waals surface area (Å²) in [5.41, 5.74) is 15.5. The van der Waals surface area contributed by atoms with Gasteiger partial charge in [0, 0.05) is 84.5 Å². The van der Waals surface area contributed by atoms with Crippen LogP contribution in [0.1, 0.15) is 57.2 Å². The van der Waals surface area contributed by atoms with E-state index < -0.39 is 0 Å². The molecule has 0 saturated heterocycles. The minimum absolute atomic E-state index is 0.00624. The Hall–Kier alpha value is -5.40. The van der Waals surface area contributed by atoms with E-state index in [1.807, 2.05) is 34.0 Å². The fourth-order valence-electron chi connectivity index (χ4n) is 11.6. The molecule has 2 nitrogen and oxygen atoms in total. The van der Waals surface area contributed by atoms with Gasteiger partial charge in [0.05, 0.1) is 15.2 Å². The van der Waals surface area contributed by atoms with E-state index in [-0.39, 0.29) is 17.7 Å². The van der Waals surface area contributed by atoms with E-state index in [1.54, 1.807) is 0 Å². The predicted molar refractivity (Wildman–Crippen MR) is 261 cm³/mol. The zero-order chi connectivity index (χ0) is 39.3. The molecule has 0 N–H and O–H groups in total. The minimum atomic E-state index is 0.00624. The Morgan fingerprint density at radius 2 is 1.19 bits per heavy atom. The number of thiophene rings is 3. The number of aromatic nitrogens is 1. The number of para-hydroxylation sites is 1. The lowest BCUT2D eigenvalue weighted by molar-refractivity contribution is 0.332. The first-order valence-corrected chi connectivity index (χ1v) is 23.5. The van der Waals surface area contributed by atoms with E-state index in [0.29, 0.717) is 0 Å². The molecule has 282 valence electrons. The predicted octanol–water partition coefficient (Wildman–Crippen LogP) is 14.8. The topological polar surface area (TPSA) is 8.17 Å². The van der Waals surface area contributed by atoms with Crippen LogP contribution in [-0.4, -0.2) is 11.3 Å². The SMILES string of the molecule is Cc1cc2c(cc1N1c3cc4c(sc5ccccc54)c4c3B(c3ccc5c(sc6ccccc65)c31)n1c3sc5ccccc5c3c3cccc-4c31)C(C)(C)CCC2(C)C. The summed E-state index contributed by atoms with van der Waals surface area (Å²) in [6.45, 7) is 12.2. The van der Waals surface area contributed by atoms with Crippen molar-refractivity contribution in [2.24, 2.45) is 0 Å². The van der Waals surface area contributed by atoms with Gasteiger partial charge in [-0.3, -0.25) is 0 Å². The highest BCUT2D eigenvalue weighted by molar-refractivity contribution is 7.28. The van der Waals surface area contributed by atoms with Crippen LogP contribution >= 0.6 is 34.0 Å². The summed E-state index contributed by atoms with van der Waals surface area (Å²) in [5, 5.41) is 9.51. The summed E-state index contributed by atoms with van der Waals surface area (Å²) in [6, 6.07) is 47.1. The average Bonchev–Trinajstić information content (AvgIpc) is 4.00. The molecule has 0 fully saturated rings. The van der Waals surface area contributed by atoms with E-state index in [9.17, 15) is 0 Å². The van der Waals surface area contributed by atoms with E-state index in [2.05, 4.69) is 165 Å². The number of anilines is 3. The van der Waals surface area contributed by atoms with Crippen LogP contribution in [0.3, 0.4) is 0 Å². The van der Waals surface area contributed by atoms with Crippen LogP contribution < -0.4 is 15.8 Å². The molecule has 0 atom stereocenters. The van der Waals surface area contributed by atoms with E-state index in [1.165, 1.54) is 140 Å². The molecule has 0 saturated carbocycles. The quantitative estimate of drug-likeness (QED) is 0.150. The van der Waals surface area contributed by atoms with E-state index in [4.69, 9.17) is 0 Å². The third kappa shape index (κ3) is 4.08. The van der Waals surface area contributed by atoms with Crippen LogP contribution in [0.2, 0.25) is 0 Å². The first-order chi connectivity index (χ1) is 28.7. The molecule has 0 spiro atoms. The molecule has 7 aromatic carbocycles. The van der Waals surface area contributed by atoms with Crippen molar-refractivity contribution < 1.29 is 0 Å². The number of hydrogen-bond donors (Lipinski definition) is 0. The standard InChI is InChI=1S/C53H39BN2S3/c1-28-25-36-37(53(4,5)24-23-52(36,2)3)27-39(28)55-40-26-35-30-14-7-10-19-42(30)57-49(35)45-34-17-12-16-33-44-32-15-8-11-20-43(32)59-51(44)56(47(33)34)54(46(40)45)38-22-21-31-29-13-6-9-18-41(29)58-50(31)48(38)55/h6-22,25-27H,23-24H2,1-5H3. The average molecular weight is 811 g/mol.